The molecule has 0 aromatic rings. The Bertz CT molecular complexity index is 177. The van der Waals surface area contributed by atoms with E-state index in [0.717, 1.165) is 13.0 Å². The maximum atomic E-state index is 10.00. The van der Waals surface area contributed by atoms with Crippen LogP contribution in [0.4, 0.5) is 0 Å². The predicted octanol–water partition coefficient (Wildman–Crippen LogP) is 0.0762. The monoisotopic (exact) mass is 157 g/mol. The van der Waals surface area contributed by atoms with Gasteiger partial charge in [-0.1, -0.05) is 6.92 Å². The third-order valence-corrected chi connectivity index (χ3v) is 0.882. The Morgan fingerprint density at radius 3 is 2.91 bits per heavy atom. The normalized spacial score (nSPS) is 9.91. The average molecular weight is 157 g/mol. The van der Waals surface area contributed by atoms with Crippen LogP contribution in [-0.4, -0.2) is 29.8 Å². The Kier molecular flexibility index (Phi) is 4.72. The lowest BCUT2D eigenvalue weighted by molar-refractivity contribution is -0.129. The summed E-state index contributed by atoms with van der Waals surface area (Å²) in [6.07, 6.45) is 2.16. The van der Waals surface area contributed by atoms with Crippen molar-refractivity contribution >= 4 is 18.1 Å². The number of nitrogens with one attached hydrogen (secondary N) is 2. The van der Waals surface area contributed by atoms with Gasteiger partial charge in [-0.05, 0) is 6.42 Å². The van der Waals surface area contributed by atoms with Crippen molar-refractivity contribution in [3.63, 3.8) is 0 Å². The van der Waals surface area contributed by atoms with Gasteiger partial charge >= 0.3 is 5.97 Å². The zero-order valence-electron chi connectivity index (χ0n) is 6.29. The Morgan fingerprint density at radius 1 is 1.82 bits per heavy atom. The van der Waals surface area contributed by atoms with Crippen molar-refractivity contribution in [3.05, 3.63) is 0 Å². The third-order valence-electron chi connectivity index (χ3n) is 0.882. The Morgan fingerprint density at radius 2 is 2.45 bits per heavy atom. The first kappa shape index (κ1) is 9.61. The summed E-state index contributed by atoms with van der Waals surface area (Å²) in [5.41, 5.74) is 0. The molecule has 5 nitrogen and oxygen atoms in total. The van der Waals surface area contributed by atoms with Crippen molar-refractivity contribution in [1.29, 1.82) is 5.41 Å². The Balaban J connectivity index is 3.57. The molecule has 0 heterocycles. The van der Waals surface area contributed by atoms with E-state index in [1.54, 1.807) is 0 Å². The molecule has 0 atom stereocenters. The second-order valence-corrected chi connectivity index (χ2v) is 1.87. The van der Waals surface area contributed by atoms with Crippen molar-refractivity contribution < 1.29 is 9.90 Å². The van der Waals surface area contributed by atoms with E-state index >= 15 is 0 Å². The van der Waals surface area contributed by atoms with Crippen LogP contribution < -0.4 is 5.32 Å². The minimum atomic E-state index is -1.32. The van der Waals surface area contributed by atoms with E-state index in [1.165, 1.54) is 6.34 Å². The van der Waals surface area contributed by atoms with Crippen LogP contribution in [-0.2, 0) is 4.79 Å². The molecule has 11 heavy (non-hydrogen) atoms. The van der Waals surface area contributed by atoms with Crippen molar-refractivity contribution in [2.75, 3.05) is 6.54 Å². The average Bonchev–Trinajstić information content (AvgIpc) is 1.97. The Hall–Kier alpha value is -1.39. The molecule has 0 aliphatic heterocycles. The number of rotatable bonds is 3. The van der Waals surface area contributed by atoms with E-state index < -0.39 is 11.8 Å². The van der Waals surface area contributed by atoms with E-state index in [2.05, 4.69) is 10.3 Å². The summed E-state index contributed by atoms with van der Waals surface area (Å²) < 4.78 is 0. The second kappa shape index (κ2) is 5.40. The summed E-state index contributed by atoms with van der Waals surface area (Å²) in [4.78, 5) is 13.3. The number of aliphatic imine (C=N–C) groups is 1. The van der Waals surface area contributed by atoms with Gasteiger partial charge in [-0.25, -0.2) is 9.79 Å². The number of hydrogen-bond acceptors (Lipinski definition) is 2. The maximum absolute atomic E-state index is 10.00. The molecule has 0 fully saturated rings. The molecule has 3 N–H and O–H groups in total. The zero-order valence-corrected chi connectivity index (χ0v) is 6.29. The molecule has 0 bridgehead atoms. The maximum Gasteiger partial charge on any atom is 0.373 e. The molecule has 0 amide bonds. The number of aliphatic carboxylic acids is 1. The highest BCUT2D eigenvalue weighted by Crippen LogP contribution is 1.73. The van der Waals surface area contributed by atoms with Crippen LogP contribution in [0.3, 0.4) is 0 Å². The highest BCUT2D eigenvalue weighted by Gasteiger charge is 2.00. The SMILES string of the molecule is CCCN/C=N\C(=N)C(=O)O. The molecule has 0 saturated heterocycles. The molecule has 62 valence electrons. The lowest BCUT2D eigenvalue weighted by atomic mass is 10.5. The van der Waals surface area contributed by atoms with Crippen LogP contribution in [0.15, 0.2) is 4.99 Å². The number of carboxylic acid groups (broad SMARTS) is 1. The summed E-state index contributed by atoms with van der Waals surface area (Å²) in [5, 5.41) is 17.6. The highest BCUT2D eigenvalue weighted by molar-refractivity contribution is 6.34. The molecule has 0 aliphatic rings. The lowest BCUT2D eigenvalue weighted by Gasteiger charge is -1.93. The molecule has 0 unspecified atom stereocenters. The molecule has 0 spiro atoms. The van der Waals surface area contributed by atoms with Gasteiger partial charge in [0, 0.05) is 6.54 Å². The first-order chi connectivity index (χ1) is 5.18. The first-order valence-corrected chi connectivity index (χ1v) is 3.26. The molecule has 0 radical (unpaired) electrons. The van der Waals surface area contributed by atoms with Crippen LogP contribution in [0.2, 0.25) is 0 Å². The van der Waals surface area contributed by atoms with Crippen molar-refractivity contribution in [2.24, 2.45) is 4.99 Å². The summed E-state index contributed by atoms with van der Waals surface area (Å²) in [5.74, 6) is -1.98. The Labute approximate surface area is 64.7 Å². The van der Waals surface area contributed by atoms with E-state index in [0.29, 0.717) is 0 Å². The number of nitrogens with zero attached hydrogens (tertiary/aromatic N) is 1. The fraction of sp³-hybridized carbons (Fsp3) is 0.500. The van der Waals surface area contributed by atoms with Gasteiger partial charge in [0.25, 0.3) is 0 Å². The van der Waals surface area contributed by atoms with Gasteiger partial charge in [-0.15, -0.1) is 0 Å². The van der Waals surface area contributed by atoms with Crippen LogP contribution in [0.1, 0.15) is 13.3 Å². The summed E-state index contributed by atoms with van der Waals surface area (Å²) >= 11 is 0. The molecular formula is C6H11N3O2. The number of amidine groups is 1. The van der Waals surface area contributed by atoms with Crippen LogP contribution in [0.5, 0.6) is 0 Å². The van der Waals surface area contributed by atoms with E-state index in [9.17, 15) is 4.79 Å². The molecule has 5 heteroatoms. The quantitative estimate of drug-likeness (QED) is 0.308. The predicted molar refractivity (Wildman–Crippen MR) is 42.1 cm³/mol. The van der Waals surface area contributed by atoms with E-state index in [4.69, 9.17) is 10.5 Å². The largest absolute Gasteiger partial charge is 0.475 e. The van der Waals surface area contributed by atoms with Gasteiger partial charge in [-0.2, -0.15) is 0 Å². The summed E-state index contributed by atoms with van der Waals surface area (Å²) in [7, 11) is 0. The van der Waals surface area contributed by atoms with Gasteiger partial charge in [-0.3, -0.25) is 5.41 Å². The van der Waals surface area contributed by atoms with Crippen LogP contribution in [0, 0.1) is 5.41 Å². The molecule has 0 saturated carbocycles. The minimum absolute atomic E-state index is 0.659. The van der Waals surface area contributed by atoms with Crippen molar-refractivity contribution in [2.45, 2.75) is 13.3 Å². The van der Waals surface area contributed by atoms with Gasteiger partial charge in [0.05, 0.1) is 6.34 Å². The molecule has 0 rings (SSSR count). The molecule has 0 aromatic heterocycles. The second-order valence-electron chi connectivity index (χ2n) is 1.87. The zero-order chi connectivity index (χ0) is 8.69. The lowest BCUT2D eigenvalue weighted by Crippen LogP contribution is -2.15. The summed E-state index contributed by atoms with van der Waals surface area (Å²) in [6.45, 7) is 2.71. The van der Waals surface area contributed by atoms with Gasteiger partial charge in [0.15, 0.2) is 0 Å². The van der Waals surface area contributed by atoms with Gasteiger partial charge in [0.1, 0.15) is 0 Å². The summed E-state index contributed by atoms with van der Waals surface area (Å²) in [6, 6.07) is 0. The van der Waals surface area contributed by atoms with Crippen molar-refractivity contribution in [3.8, 4) is 0 Å². The molecular weight excluding hydrogens is 146 g/mol. The smallest absolute Gasteiger partial charge is 0.373 e. The standard InChI is InChI=1S/C6H11N3O2/c1-2-3-8-4-9-5(7)6(10)11/h4H,2-3H2,1H3,(H,10,11)(H2,7,8,9). The van der Waals surface area contributed by atoms with Gasteiger partial charge < -0.3 is 10.4 Å². The van der Waals surface area contributed by atoms with Crippen LogP contribution in [0.25, 0.3) is 0 Å². The van der Waals surface area contributed by atoms with Crippen molar-refractivity contribution in [1.82, 2.24) is 5.32 Å². The fourth-order valence-corrected chi connectivity index (χ4v) is 0.374. The van der Waals surface area contributed by atoms with E-state index in [-0.39, 0.29) is 0 Å². The fourth-order valence-electron chi connectivity index (χ4n) is 0.374. The third kappa shape index (κ3) is 5.07. The van der Waals surface area contributed by atoms with Crippen LogP contribution >= 0.6 is 0 Å². The molecule has 0 aliphatic carbocycles. The highest BCUT2D eigenvalue weighted by atomic mass is 16.4. The number of carbonyl (C=O) groups is 1. The van der Waals surface area contributed by atoms with E-state index in [1.807, 2.05) is 6.92 Å². The number of carboxylic acids is 1. The minimum Gasteiger partial charge on any atom is -0.475 e. The first-order valence-electron chi connectivity index (χ1n) is 3.26. The molecule has 0 aromatic carbocycles. The number of hydrogen-bond donors (Lipinski definition) is 3. The van der Waals surface area contributed by atoms with Gasteiger partial charge in [0.2, 0.25) is 5.84 Å². The topological polar surface area (TPSA) is 85.5 Å².